The highest BCUT2D eigenvalue weighted by Crippen LogP contribution is 2.17. The number of amides is 1. The molecule has 90 valence electrons. The summed E-state index contributed by atoms with van der Waals surface area (Å²) in [5, 5.41) is 13.1. The first-order chi connectivity index (χ1) is 8.00. The minimum atomic E-state index is -0.544. The fourth-order valence-electron chi connectivity index (χ4n) is 1.10. The van der Waals surface area contributed by atoms with Crippen molar-refractivity contribution in [2.45, 2.75) is 6.92 Å². The quantitative estimate of drug-likeness (QED) is 0.591. The van der Waals surface area contributed by atoms with Crippen molar-refractivity contribution in [1.82, 2.24) is 10.3 Å². The Hall–Kier alpha value is -2.44. The monoisotopic (exact) mass is 236 g/mol. The van der Waals surface area contributed by atoms with Crippen LogP contribution in [0, 0.1) is 10.1 Å². The lowest BCUT2D eigenvalue weighted by molar-refractivity contribution is -0.385. The molecule has 0 unspecified atom stereocenters. The summed E-state index contributed by atoms with van der Waals surface area (Å²) in [5.74, 6) is 0.0504. The molecular formula is C10H12N4O3. The summed E-state index contributed by atoms with van der Waals surface area (Å²) in [5.41, 5.74) is 5.88. The van der Waals surface area contributed by atoms with Gasteiger partial charge in [-0.1, -0.05) is 12.2 Å². The Morgan fingerprint density at radius 2 is 2.41 bits per heavy atom. The number of aromatic nitrogens is 1. The predicted molar refractivity (Wildman–Crippen MR) is 63.0 cm³/mol. The summed E-state index contributed by atoms with van der Waals surface area (Å²) >= 11 is 0. The number of rotatable bonds is 4. The molecule has 0 radical (unpaired) electrons. The lowest BCUT2D eigenvalue weighted by atomic mass is 10.2. The average Bonchev–Trinajstić information content (AvgIpc) is 2.25. The Kier molecular flexibility index (Phi) is 4.15. The predicted octanol–water partition coefficient (Wildman–Crippen LogP) is 0.721. The van der Waals surface area contributed by atoms with Crippen molar-refractivity contribution in [1.29, 1.82) is 0 Å². The minimum absolute atomic E-state index is 0.127. The van der Waals surface area contributed by atoms with Crippen LogP contribution in [0.4, 0.5) is 11.5 Å². The first-order valence-electron chi connectivity index (χ1n) is 4.81. The molecule has 7 nitrogen and oxygen atoms in total. The number of anilines is 1. The third kappa shape index (κ3) is 3.90. The number of nitrogens with two attached hydrogens (primary N) is 1. The van der Waals surface area contributed by atoms with Crippen LogP contribution in [-0.2, 0) is 4.79 Å². The van der Waals surface area contributed by atoms with E-state index in [-0.39, 0.29) is 17.4 Å². The van der Waals surface area contributed by atoms with E-state index in [1.54, 1.807) is 12.2 Å². The lowest BCUT2D eigenvalue weighted by Crippen LogP contribution is -2.19. The maximum atomic E-state index is 10.6. The molecule has 0 saturated heterocycles. The molecular weight excluding hydrogens is 224 g/mol. The van der Waals surface area contributed by atoms with Crippen molar-refractivity contribution in [3.63, 3.8) is 0 Å². The van der Waals surface area contributed by atoms with Gasteiger partial charge in [0.1, 0.15) is 12.0 Å². The number of hydrogen-bond acceptors (Lipinski definition) is 5. The molecule has 3 N–H and O–H groups in total. The van der Waals surface area contributed by atoms with Crippen molar-refractivity contribution in [2.24, 2.45) is 0 Å². The number of hydrogen-bond donors (Lipinski definition) is 2. The SMILES string of the molecule is CC(=O)NCC=Cc1cc([N+](=O)[O-])cnc1N. The van der Waals surface area contributed by atoms with E-state index in [1.807, 2.05) is 0 Å². The zero-order chi connectivity index (χ0) is 12.8. The molecule has 1 rings (SSSR count). The van der Waals surface area contributed by atoms with Crippen molar-refractivity contribution >= 4 is 23.5 Å². The zero-order valence-electron chi connectivity index (χ0n) is 9.21. The second-order valence-corrected chi connectivity index (χ2v) is 3.26. The second-order valence-electron chi connectivity index (χ2n) is 3.26. The summed E-state index contributed by atoms with van der Waals surface area (Å²) in [6.07, 6.45) is 4.31. The zero-order valence-corrected chi connectivity index (χ0v) is 9.21. The van der Waals surface area contributed by atoms with Gasteiger partial charge in [0, 0.05) is 25.1 Å². The molecule has 0 aliphatic heterocycles. The van der Waals surface area contributed by atoms with E-state index in [0.29, 0.717) is 12.1 Å². The van der Waals surface area contributed by atoms with E-state index in [4.69, 9.17) is 5.73 Å². The molecule has 0 aliphatic rings. The van der Waals surface area contributed by atoms with Crippen LogP contribution in [0.1, 0.15) is 12.5 Å². The van der Waals surface area contributed by atoms with Crippen molar-refractivity contribution in [3.8, 4) is 0 Å². The Morgan fingerprint density at radius 3 is 3.00 bits per heavy atom. The molecule has 0 bridgehead atoms. The first-order valence-corrected chi connectivity index (χ1v) is 4.81. The standard InChI is InChI=1S/C10H12N4O3/c1-7(15)12-4-2-3-8-5-9(14(16)17)6-13-10(8)11/h2-3,5-6H,4H2,1H3,(H2,11,13)(H,12,15). The highest BCUT2D eigenvalue weighted by molar-refractivity contribution is 5.73. The Bertz CT molecular complexity index is 471. The van der Waals surface area contributed by atoms with Gasteiger partial charge >= 0.3 is 0 Å². The molecule has 0 spiro atoms. The third-order valence-electron chi connectivity index (χ3n) is 1.91. The Balaban J connectivity index is 2.79. The van der Waals surface area contributed by atoms with Crippen LogP contribution in [0.15, 0.2) is 18.3 Å². The maximum Gasteiger partial charge on any atom is 0.288 e. The van der Waals surface area contributed by atoms with Crippen molar-refractivity contribution < 1.29 is 9.72 Å². The van der Waals surface area contributed by atoms with E-state index in [0.717, 1.165) is 6.20 Å². The number of carbonyl (C=O) groups is 1. The highest BCUT2D eigenvalue weighted by Gasteiger charge is 2.08. The summed E-state index contributed by atoms with van der Waals surface area (Å²) in [6, 6.07) is 1.33. The molecule has 1 aromatic heterocycles. The van der Waals surface area contributed by atoms with E-state index in [2.05, 4.69) is 10.3 Å². The smallest absolute Gasteiger partial charge is 0.288 e. The van der Waals surface area contributed by atoms with Crippen LogP contribution < -0.4 is 11.1 Å². The van der Waals surface area contributed by atoms with E-state index in [9.17, 15) is 14.9 Å². The lowest BCUT2D eigenvalue weighted by Gasteiger charge is -1.99. The van der Waals surface area contributed by atoms with Gasteiger partial charge in [0.25, 0.3) is 5.69 Å². The van der Waals surface area contributed by atoms with Crippen LogP contribution in [0.2, 0.25) is 0 Å². The molecule has 0 aromatic carbocycles. The topological polar surface area (TPSA) is 111 Å². The summed E-state index contributed by atoms with van der Waals surface area (Å²) < 4.78 is 0. The van der Waals surface area contributed by atoms with E-state index in [1.165, 1.54) is 13.0 Å². The molecule has 1 aromatic rings. The maximum absolute atomic E-state index is 10.6. The minimum Gasteiger partial charge on any atom is -0.383 e. The molecule has 0 fully saturated rings. The third-order valence-corrected chi connectivity index (χ3v) is 1.91. The molecule has 7 heteroatoms. The number of carbonyl (C=O) groups excluding carboxylic acids is 1. The van der Waals surface area contributed by atoms with Crippen molar-refractivity contribution in [3.05, 3.63) is 34.0 Å². The fourth-order valence-corrected chi connectivity index (χ4v) is 1.10. The van der Waals surface area contributed by atoms with Gasteiger partial charge in [0.15, 0.2) is 0 Å². The first kappa shape index (κ1) is 12.6. The van der Waals surface area contributed by atoms with Gasteiger partial charge in [0.05, 0.1) is 4.92 Å². The second kappa shape index (κ2) is 5.59. The van der Waals surface area contributed by atoms with Gasteiger partial charge in [-0.2, -0.15) is 0 Å². The number of nitrogen functional groups attached to an aromatic ring is 1. The van der Waals surface area contributed by atoms with Gasteiger partial charge in [-0.25, -0.2) is 4.98 Å². The summed E-state index contributed by atoms with van der Waals surface area (Å²) in [4.78, 5) is 24.3. The van der Waals surface area contributed by atoms with E-state index < -0.39 is 4.92 Å². The Morgan fingerprint density at radius 1 is 1.71 bits per heavy atom. The van der Waals surface area contributed by atoms with Crippen LogP contribution in [0.5, 0.6) is 0 Å². The van der Waals surface area contributed by atoms with Crippen LogP contribution >= 0.6 is 0 Å². The number of nitrogens with one attached hydrogen (secondary N) is 1. The van der Waals surface area contributed by atoms with Gasteiger partial charge < -0.3 is 11.1 Å². The molecule has 0 atom stereocenters. The normalized spacial score (nSPS) is 10.4. The number of pyridine rings is 1. The Labute approximate surface area is 97.5 Å². The molecule has 17 heavy (non-hydrogen) atoms. The highest BCUT2D eigenvalue weighted by atomic mass is 16.6. The molecule has 0 aliphatic carbocycles. The van der Waals surface area contributed by atoms with Crippen LogP contribution in [-0.4, -0.2) is 22.4 Å². The van der Waals surface area contributed by atoms with Gasteiger partial charge in [-0.05, 0) is 0 Å². The number of nitro groups is 1. The van der Waals surface area contributed by atoms with Crippen LogP contribution in [0.3, 0.4) is 0 Å². The summed E-state index contributed by atoms with van der Waals surface area (Å²) in [7, 11) is 0. The van der Waals surface area contributed by atoms with Crippen LogP contribution in [0.25, 0.3) is 6.08 Å². The van der Waals surface area contributed by atoms with Crippen molar-refractivity contribution in [2.75, 3.05) is 12.3 Å². The molecule has 0 saturated carbocycles. The molecule has 1 amide bonds. The average molecular weight is 236 g/mol. The summed E-state index contributed by atoms with van der Waals surface area (Å²) in [6.45, 7) is 1.73. The largest absolute Gasteiger partial charge is 0.383 e. The van der Waals surface area contributed by atoms with Gasteiger partial charge in [-0.3, -0.25) is 14.9 Å². The molecule has 1 heterocycles. The fraction of sp³-hybridized carbons (Fsp3) is 0.200. The van der Waals surface area contributed by atoms with Gasteiger partial charge in [-0.15, -0.1) is 0 Å². The van der Waals surface area contributed by atoms with E-state index >= 15 is 0 Å². The van der Waals surface area contributed by atoms with Gasteiger partial charge in [0.2, 0.25) is 5.91 Å². The number of nitrogens with zero attached hydrogens (tertiary/aromatic N) is 2.